The summed E-state index contributed by atoms with van der Waals surface area (Å²) in [5, 5.41) is 11.6. The van der Waals surface area contributed by atoms with E-state index in [2.05, 4.69) is 5.32 Å². The summed E-state index contributed by atoms with van der Waals surface area (Å²) in [4.78, 5) is 40.4. The molecule has 2 saturated carbocycles. The Morgan fingerprint density at radius 3 is 2.38 bits per heavy atom. The maximum Gasteiger partial charge on any atom is 0.270 e. The molecule has 0 bridgehead atoms. The Morgan fingerprint density at radius 2 is 1.79 bits per heavy atom. The van der Waals surface area contributed by atoms with Crippen molar-refractivity contribution in [3.63, 3.8) is 0 Å². The predicted octanol–water partition coefficient (Wildman–Crippen LogP) is 1.30. The summed E-state index contributed by atoms with van der Waals surface area (Å²) in [7, 11) is 0. The first-order chi connectivity index (χ1) is 16.3. The van der Waals surface area contributed by atoms with E-state index in [1.54, 1.807) is 29.2 Å². The van der Waals surface area contributed by atoms with Crippen LogP contribution in [0.2, 0.25) is 0 Å². The van der Waals surface area contributed by atoms with E-state index in [1.165, 1.54) is 16.7 Å². The zero-order valence-electron chi connectivity index (χ0n) is 18.4. The summed E-state index contributed by atoms with van der Waals surface area (Å²) < 4.78 is 24.2. The third-order valence-corrected chi connectivity index (χ3v) is 8.87. The number of rotatable bonds is 7. The number of benzene rings is 1. The predicted molar refractivity (Wildman–Crippen MR) is 121 cm³/mol. The molecular formula is C24H23N4O5S-. The lowest BCUT2D eigenvalue weighted by Crippen LogP contribution is -2.49. The van der Waals surface area contributed by atoms with E-state index in [-0.39, 0.29) is 35.7 Å². The average molecular weight is 480 g/mol. The second kappa shape index (κ2) is 8.18. The summed E-state index contributed by atoms with van der Waals surface area (Å²) in [6.07, 6.45) is 2.86. The van der Waals surface area contributed by atoms with Gasteiger partial charge in [0.2, 0.25) is 0 Å². The Hall–Kier alpha value is -3.29. The minimum absolute atomic E-state index is 0.0454. The summed E-state index contributed by atoms with van der Waals surface area (Å²) >= 11 is -2.16. The van der Waals surface area contributed by atoms with Gasteiger partial charge in [0.05, 0.1) is 11.6 Å². The zero-order valence-corrected chi connectivity index (χ0v) is 19.2. The molecule has 1 aromatic carbocycles. The highest BCUT2D eigenvalue weighted by molar-refractivity contribution is 7.81. The molecule has 0 radical (unpaired) electrons. The van der Waals surface area contributed by atoms with Crippen LogP contribution in [-0.2, 0) is 24.2 Å². The van der Waals surface area contributed by atoms with Crippen LogP contribution in [0.25, 0.3) is 0 Å². The van der Waals surface area contributed by atoms with Crippen LogP contribution >= 0.6 is 0 Å². The lowest BCUT2D eigenvalue weighted by Gasteiger charge is -2.36. The van der Waals surface area contributed by atoms with E-state index < -0.39 is 27.3 Å². The van der Waals surface area contributed by atoms with Gasteiger partial charge in [0, 0.05) is 36.3 Å². The Kier molecular flexibility index (Phi) is 5.41. The zero-order chi connectivity index (χ0) is 24.1. The number of amides is 2. The van der Waals surface area contributed by atoms with Crippen LogP contribution in [0.15, 0.2) is 41.2 Å². The molecule has 1 atom stereocenters. The number of fused-ring (bicyclic) bond motifs is 1. The normalized spacial score (nSPS) is 20.1. The molecule has 1 N–H and O–H groups in total. The Bertz CT molecular complexity index is 1300. The lowest BCUT2D eigenvalue weighted by molar-refractivity contribution is 0.0651. The van der Waals surface area contributed by atoms with Crippen molar-refractivity contribution in [3.8, 4) is 6.07 Å². The van der Waals surface area contributed by atoms with Crippen LogP contribution in [0.4, 0.5) is 0 Å². The monoisotopic (exact) mass is 479 g/mol. The molecule has 2 aromatic rings. The fourth-order valence-electron chi connectivity index (χ4n) is 5.03. The van der Waals surface area contributed by atoms with Crippen molar-refractivity contribution in [2.24, 2.45) is 5.41 Å². The van der Waals surface area contributed by atoms with Gasteiger partial charge >= 0.3 is 0 Å². The van der Waals surface area contributed by atoms with Crippen LogP contribution < -0.4 is 10.9 Å². The number of nitrogens with zero attached hydrogens (tertiary/aromatic N) is 3. The van der Waals surface area contributed by atoms with Crippen molar-refractivity contribution >= 4 is 22.9 Å². The van der Waals surface area contributed by atoms with Gasteiger partial charge in [0.1, 0.15) is 11.3 Å². The topological polar surface area (TPSA) is 135 Å². The first-order valence-corrected chi connectivity index (χ1v) is 12.3. The molecule has 2 amide bonds. The van der Waals surface area contributed by atoms with Crippen LogP contribution in [0.5, 0.6) is 0 Å². The Morgan fingerprint density at radius 1 is 1.09 bits per heavy atom. The largest absolute Gasteiger partial charge is 0.772 e. The number of aromatic nitrogens is 1. The fourth-order valence-corrected chi connectivity index (χ4v) is 6.09. The van der Waals surface area contributed by atoms with Crippen molar-refractivity contribution in [1.82, 2.24) is 14.8 Å². The van der Waals surface area contributed by atoms with Gasteiger partial charge in [-0.05, 0) is 66.6 Å². The third-order valence-electron chi connectivity index (χ3n) is 7.39. The van der Waals surface area contributed by atoms with Crippen LogP contribution in [-0.4, -0.2) is 47.9 Å². The number of pyridine rings is 1. The van der Waals surface area contributed by atoms with Gasteiger partial charge in [-0.3, -0.25) is 18.6 Å². The van der Waals surface area contributed by atoms with Crippen LogP contribution in [0.1, 0.15) is 57.7 Å². The second-order valence-corrected chi connectivity index (χ2v) is 10.6. The summed E-state index contributed by atoms with van der Waals surface area (Å²) in [5.74, 6) is -0.850. The smallest absolute Gasteiger partial charge is 0.270 e. The number of carbonyl (C=O) groups excluding carboxylic acids is 2. The highest BCUT2D eigenvalue weighted by Gasteiger charge is 2.67. The molecule has 176 valence electrons. The summed E-state index contributed by atoms with van der Waals surface area (Å²) in [6, 6.07) is 11.6. The standard InChI is InChI=1S/C24H24N4O5S/c25-13-16-1-3-17(4-2-16)14-26-20(29)18-5-6-19-22(31)27(11-12-28(19)21(18)30)15-23(7-8-23)24(9-10-24)34(32)33/h1-6H,7-12,14-15H2,(H,26,29)(H,32,33)/p-1. The number of hydrogen-bond acceptors (Lipinski definition) is 6. The van der Waals surface area contributed by atoms with Crippen molar-refractivity contribution < 1.29 is 18.4 Å². The van der Waals surface area contributed by atoms with Gasteiger partial charge in [-0.1, -0.05) is 12.1 Å². The average Bonchev–Trinajstić information content (AvgIpc) is 3.75. The second-order valence-electron chi connectivity index (χ2n) is 9.32. The van der Waals surface area contributed by atoms with E-state index in [0.29, 0.717) is 31.5 Å². The quantitative estimate of drug-likeness (QED) is 0.595. The van der Waals surface area contributed by atoms with Gasteiger partial charge in [0.25, 0.3) is 17.4 Å². The van der Waals surface area contributed by atoms with E-state index in [4.69, 9.17) is 5.26 Å². The van der Waals surface area contributed by atoms with E-state index in [1.807, 2.05) is 6.07 Å². The van der Waals surface area contributed by atoms with Crippen LogP contribution in [0, 0.1) is 16.7 Å². The Labute approximate surface area is 198 Å². The van der Waals surface area contributed by atoms with Crippen LogP contribution in [0.3, 0.4) is 0 Å². The molecular weight excluding hydrogens is 456 g/mol. The van der Waals surface area contributed by atoms with Crippen molar-refractivity contribution in [2.75, 3.05) is 13.1 Å². The minimum Gasteiger partial charge on any atom is -0.772 e. The maximum absolute atomic E-state index is 13.1. The van der Waals surface area contributed by atoms with Gasteiger partial charge in [-0.25, -0.2) is 0 Å². The third kappa shape index (κ3) is 3.65. The molecule has 1 aliphatic heterocycles. The molecule has 1 aromatic heterocycles. The van der Waals surface area contributed by atoms with Gasteiger partial charge in [0.15, 0.2) is 0 Å². The molecule has 0 spiro atoms. The van der Waals surface area contributed by atoms with Gasteiger partial charge in [-0.2, -0.15) is 5.26 Å². The van der Waals surface area contributed by atoms with Gasteiger partial charge in [-0.15, -0.1) is 0 Å². The number of nitriles is 1. The summed E-state index contributed by atoms with van der Waals surface area (Å²) in [6.45, 7) is 1.12. The minimum atomic E-state index is -2.16. The van der Waals surface area contributed by atoms with E-state index in [0.717, 1.165) is 18.4 Å². The molecule has 0 saturated heterocycles. The molecule has 2 aliphatic carbocycles. The number of carbonyl (C=O) groups is 2. The Balaban J connectivity index is 1.29. The molecule has 3 aliphatic rings. The molecule has 10 heteroatoms. The van der Waals surface area contributed by atoms with Gasteiger partial charge < -0.3 is 19.3 Å². The number of nitrogens with one attached hydrogen (secondary N) is 1. The lowest BCUT2D eigenvalue weighted by atomic mass is 9.98. The van der Waals surface area contributed by atoms with Crippen molar-refractivity contribution in [1.29, 1.82) is 5.26 Å². The summed E-state index contributed by atoms with van der Waals surface area (Å²) in [5.41, 5.74) is 0.576. The molecule has 5 rings (SSSR count). The van der Waals surface area contributed by atoms with Crippen molar-refractivity contribution in [2.45, 2.75) is 43.5 Å². The first kappa shape index (κ1) is 22.5. The van der Waals surface area contributed by atoms with Crippen molar-refractivity contribution in [3.05, 3.63) is 69.1 Å². The molecule has 1 unspecified atom stereocenters. The molecule has 34 heavy (non-hydrogen) atoms. The van der Waals surface area contributed by atoms with E-state index >= 15 is 0 Å². The van der Waals surface area contributed by atoms with E-state index in [9.17, 15) is 23.1 Å². The molecule has 9 nitrogen and oxygen atoms in total. The highest BCUT2D eigenvalue weighted by Crippen LogP contribution is 2.67. The first-order valence-electron chi connectivity index (χ1n) is 11.2. The maximum atomic E-state index is 13.1. The molecule has 2 heterocycles. The SMILES string of the molecule is N#Cc1ccc(CNC(=O)c2ccc3n(c2=O)CCN(CC2(C4(S(=O)[O-])CC4)CC2)C3=O)cc1. The molecule has 2 fully saturated rings. The highest BCUT2D eigenvalue weighted by atomic mass is 32.2. The number of hydrogen-bond donors (Lipinski definition) is 1. The fraction of sp³-hybridized carbons (Fsp3) is 0.417.